The summed E-state index contributed by atoms with van der Waals surface area (Å²) in [5, 5.41) is 1.23. The molecule has 2 heteroatoms. The molecule has 0 amide bonds. The van der Waals surface area contributed by atoms with Gasteiger partial charge in [-0.15, -0.1) is 0 Å². The van der Waals surface area contributed by atoms with E-state index in [1.807, 2.05) is 36.4 Å². The van der Waals surface area contributed by atoms with Crippen LogP contribution in [0.5, 0.6) is 5.75 Å². The molecule has 0 aliphatic rings. The zero-order valence-corrected chi connectivity index (χ0v) is 12.7. The maximum absolute atomic E-state index is 5.93. The molecule has 0 spiro atoms. The lowest BCUT2D eigenvalue weighted by molar-refractivity contribution is 0.306. The molecule has 3 aromatic carbocycles. The first-order valence-corrected chi connectivity index (χ1v) is 7.73. The normalized spacial score (nSPS) is 10.8. The largest absolute Gasteiger partial charge is 0.489 e. The van der Waals surface area contributed by atoms with Crippen LogP contribution in [0, 0.1) is 0 Å². The lowest BCUT2D eigenvalue weighted by Gasteiger charge is -2.08. The van der Waals surface area contributed by atoms with Gasteiger partial charge in [0.25, 0.3) is 0 Å². The zero-order valence-electron chi connectivity index (χ0n) is 12.7. The first-order valence-electron chi connectivity index (χ1n) is 7.73. The summed E-state index contributed by atoms with van der Waals surface area (Å²) in [4.78, 5) is 3.32. The van der Waals surface area contributed by atoms with Crippen LogP contribution in [0.3, 0.4) is 0 Å². The standard InChI is InChI=1S/C21H17NO/c1-2-7-16(8-3-1)15-23-18-10-6-9-17(13-18)20-14-22-21-12-5-4-11-19(20)21/h1-14,22H,15H2. The van der Waals surface area contributed by atoms with Crippen LogP contribution in [0.25, 0.3) is 22.0 Å². The lowest BCUT2D eigenvalue weighted by atomic mass is 10.0. The Morgan fingerprint density at radius 3 is 2.52 bits per heavy atom. The fraction of sp³-hybridized carbons (Fsp3) is 0.0476. The van der Waals surface area contributed by atoms with Gasteiger partial charge in [-0.2, -0.15) is 0 Å². The predicted molar refractivity (Wildman–Crippen MR) is 94.5 cm³/mol. The fourth-order valence-corrected chi connectivity index (χ4v) is 2.80. The monoisotopic (exact) mass is 299 g/mol. The molecule has 0 radical (unpaired) electrons. The van der Waals surface area contributed by atoms with Crippen molar-refractivity contribution in [3.63, 3.8) is 0 Å². The first-order chi connectivity index (χ1) is 11.4. The molecule has 0 saturated carbocycles. The SMILES string of the molecule is c1ccc(COc2cccc(-c3c[nH]c4ccccc34)c2)cc1. The van der Waals surface area contributed by atoms with E-state index in [0.717, 1.165) is 16.8 Å². The Bertz CT molecular complexity index is 925. The third-order valence-electron chi connectivity index (χ3n) is 3.98. The number of fused-ring (bicyclic) bond motifs is 1. The van der Waals surface area contributed by atoms with Gasteiger partial charge in [0.05, 0.1) is 0 Å². The third kappa shape index (κ3) is 2.84. The topological polar surface area (TPSA) is 25.0 Å². The number of aromatic nitrogens is 1. The Morgan fingerprint density at radius 1 is 0.783 bits per heavy atom. The van der Waals surface area contributed by atoms with Crippen LogP contribution >= 0.6 is 0 Å². The summed E-state index contributed by atoms with van der Waals surface area (Å²) in [7, 11) is 0. The Kier molecular flexibility index (Phi) is 3.57. The number of para-hydroxylation sites is 1. The lowest BCUT2D eigenvalue weighted by Crippen LogP contribution is -1.94. The van der Waals surface area contributed by atoms with Gasteiger partial charge in [0, 0.05) is 22.7 Å². The summed E-state index contributed by atoms with van der Waals surface area (Å²) < 4.78 is 5.93. The first kappa shape index (κ1) is 13.6. The second-order valence-corrected chi connectivity index (χ2v) is 5.55. The summed E-state index contributed by atoms with van der Waals surface area (Å²) in [6, 6.07) is 26.8. The molecule has 112 valence electrons. The average Bonchev–Trinajstić information content (AvgIpc) is 3.05. The van der Waals surface area contributed by atoms with Crippen molar-refractivity contribution in [2.75, 3.05) is 0 Å². The summed E-state index contributed by atoms with van der Waals surface area (Å²) in [5.74, 6) is 0.886. The van der Waals surface area contributed by atoms with Crippen LogP contribution in [0.2, 0.25) is 0 Å². The van der Waals surface area contributed by atoms with Gasteiger partial charge in [0.2, 0.25) is 0 Å². The predicted octanol–water partition coefficient (Wildman–Crippen LogP) is 5.41. The van der Waals surface area contributed by atoms with E-state index in [2.05, 4.69) is 53.6 Å². The number of hydrogen-bond acceptors (Lipinski definition) is 1. The molecule has 0 aliphatic carbocycles. The quantitative estimate of drug-likeness (QED) is 0.535. The average molecular weight is 299 g/mol. The van der Waals surface area contributed by atoms with Crippen molar-refractivity contribution in [2.45, 2.75) is 6.61 Å². The number of aromatic amines is 1. The molecule has 0 bridgehead atoms. The van der Waals surface area contributed by atoms with Crippen molar-refractivity contribution in [2.24, 2.45) is 0 Å². The van der Waals surface area contributed by atoms with E-state index >= 15 is 0 Å². The molecule has 1 heterocycles. The van der Waals surface area contributed by atoms with E-state index in [-0.39, 0.29) is 0 Å². The molecule has 4 aromatic rings. The number of benzene rings is 3. The van der Waals surface area contributed by atoms with Crippen LogP contribution in [0.4, 0.5) is 0 Å². The van der Waals surface area contributed by atoms with Crippen molar-refractivity contribution < 1.29 is 4.74 Å². The summed E-state index contributed by atoms with van der Waals surface area (Å²) >= 11 is 0. The van der Waals surface area contributed by atoms with Gasteiger partial charge in [0.1, 0.15) is 12.4 Å². The maximum Gasteiger partial charge on any atom is 0.120 e. The highest BCUT2D eigenvalue weighted by Gasteiger charge is 2.06. The van der Waals surface area contributed by atoms with E-state index in [4.69, 9.17) is 4.74 Å². The second kappa shape index (κ2) is 6.01. The number of hydrogen-bond donors (Lipinski definition) is 1. The van der Waals surface area contributed by atoms with E-state index < -0.39 is 0 Å². The summed E-state index contributed by atoms with van der Waals surface area (Å²) in [6.45, 7) is 0.582. The number of ether oxygens (including phenoxy) is 1. The highest BCUT2D eigenvalue weighted by molar-refractivity contribution is 5.95. The van der Waals surface area contributed by atoms with Gasteiger partial charge in [-0.3, -0.25) is 0 Å². The minimum Gasteiger partial charge on any atom is -0.489 e. The number of rotatable bonds is 4. The molecule has 0 atom stereocenters. The van der Waals surface area contributed by atoms with Crippen molar-refractivity contribution >= 4 is 10.9 Å². The van der Waals surface area contributed by atoms with Crippen LogP contribution in [0.1, 0.15) is 5.56 Å². The Labute approximate surface area is 135 Å². The van der Waals surface area contributed by atoms with Gasteiger partial charge in [-0.25, -0.2) is 0 Å². The molecule has 0 aliphatic heterocycles. The van der Waals surface area contributed by atoms with Gasteiger partial charge >= 0.3 is 0 Å². The molecular formula is C21H17NO. The van der Waals surface area contributed by atoms with E-state index in [9.17, 15) is 0 Å². The van der Waals surface area contributed by atoms with E-state index in [0.29, 0.717) is 6.61 Å². The molecule has 1 aromatic heterocycles. The Balaban J connectivity index is 1.61. The van der Waals surface area contributed by atoms with Crippen LogP contribution in [-0.4, -0.2) is 4.98 Å². The Hall–Kier alpha value is -3.00. The smallest absolute Gasteiger partial charge is 0.120 e. The Morgan fingerprint density at radius 2 is 1.61 bits per heavy atom. The molecule has 0 fully saturated rings. The van der Waals surface area contributed by atoms with E-state index in [1.54, 1.807) is 0 Å². The van der Waals surface area contributed by atoms with Gasteiger partial charge in [-0.05, 0) is 29.3 Å². The number of H-pyrrole nitrogens is 1. The van der Waals surface area contributed by atoms with Crippen LogP contribution < -0.4 is 4.74 Å². The molecule has 0 saturated heterocycles. The van der Waals surface area contributed by atoms with Crippen molar-refractivity contribution in [3.8, 4) is 16.9 Å². The third-order valence-corrected chi connectivity index (χ3v) is 3.98. The molecule has 0 unspecified atom stereocenters. The van der Waals surface area contributed by atoms with Gasteiger partial charge in [0.15, 0.2) is 0 Å². The minimum atomic E-state index is 0.582. The highest BCUT2D eigenvalue weighted by atomic mass is 16.5. The van der Waals surface area contributed by atoms with Gasteiger partial charge < -0.3 is 9.72 Å². The highest BCUT2D eigenvalue weighted by Crippen LogP contribution is 2.30. The maximum atomic E-state index is 5.93. The van der Waals surface area contributed by atoms with E-state index in [1.165, 1.54) is 16.5 Å². The zero-order chi connectivity index (χ0) is 15.5. The molecule has 1 N–H and O–H groups in total. The molecule has 2 nitrogen and oxygen atoms in total. The van der Waals surface area contributed by atoms with Gasteiger partial charge in [-0.1, -0.05) is 60.7 Å². The van der Waals surface area contributed by atoms with Crippen molar-refractivity contribution in [1.82, 2.24) is 4.98 Å². The molecular weight excluding hydrogens is 282 g/mol. The van der Waals surface area contributed by atoms with Crippen LogP contribution in [0.15, 0.2) is 85.1 Å². The summed E-state index contributed by atoms with van der Waals surface area (Å²) in [6.07, 6.45) is 2.06. The fourth-order valence-electron chi connectivity index (χ4n) is 2.80. The molecule has 4 rings (SSSR count). The number of nitrogens with one attached hydrogen (secondary N) is 1. The van der Waals surface area contributed by atoms with Crippen molar-refractivity contribution in [3.05, 3.63) is 90.6 Å². The van der Waals surface area contributed by atoms with Crippen molar-refractivity contribution in [1.29, 1.82) is 0 Å². The van der Waals surface area contributed by atoms with Crippen LogP contribution in [-0.2, 0) is 6.61 Å². The summed E-state index contributed by atoms with van der Waals surface area (Å²) in [5.41, 5.74) is 4.68. The minimum absolute atomic E-state index is 0.582. The molecule has 23 heavy (non-hydrogen) atoms. The second-order valence-electron chi connectivity index (χ2n) is 5.55.